The Morgan fingerprint density at radius 1 is 1.35 bits per heavy atom. The molecule has 1 aliphatic rings. The van der Waals surface area contributed by atoms with Crippen LogP contribution in [-0.2, 0) is 6.18 Å². The van der Waals surface area contributed by atoms with Gasteiger partial charge in [-0.05, 0) is 38.0 Å². The lowest BCUT2D eigenvalue weighted by Crippen LogP contribution is -2.43. The van der Waals surface area contributed by atoms with Gasteiger partial charge in [-0.3, -0.25) is 0 Å². The number of hydrogen-bond donors (Lipinski definition) is 1. The number of nitrogens with zero attached hydrogens (tertiary/aromatic N) is 2. The summed E-state index contributed by atoms with van der Waals surface area (Å²) in [6.45, 7) is 4.84. The summed E-state index contributed by atoms with van der Waals surface area (Å²) in [5, 5.41) is 9.90. The highest BCUT2D eigenvalue weighted by Crippen LogP contribution is 2.36. The number of likely N-dealkylation sites (tertiary alicyclic amines) is 1. The fourth-order valence-electron chi connectivity index (χ4n) is 2.94. The average Bonchev–Trinajstić information content (AvgIpc) is 2.89. The first-order valence-corrected chi connectivity index (χ1v) is 7.68. The Morgan fingerprint density at radius 2 is 2.00 bits per heavy atom. The molecule has 0 aliphatic carbocycles. The number of carbonyl (C=O) groups excluding carboxylic acids is 1. The molecule has 1 heterocycles. The number of hydrogen-bond acceptors (Lipinski definition) is 2. The van der Waals surface area contributed by atoms with Crippen LogP contribution in [0.15, 0.2) is 24.3 Å². The standard InChI is InChI=1S/C16H21F3N2O2/c1-3-20(4-2)15(23)21-10-13(22)9-14(21)11-6-5-7-12(8-11)16(17,18)19/h5-8,13-14,22H,3-4,9-10H2,1-2H3. The molecule has 2 unspecified atom stereocenters. The summed E-state index contributed by atoms with van der Waals surface area (Å²) in [4.78, 5) is 15.6. The molecule has 128 valence electrons. The minimum absolute atomic E-state index is 0.135. The van der Waals surface area contributed by atoms with Crippen molar-refractivity contribution >= 4 is 6.03 Å². The Labute approximate surface area is 133 Å². The van der Waals surface area contributed by atoms with Crippen molar-refractivity contribution in [3.63, 3.8) is 0 Å². The molecule has 0 radical (unpaired) electrons. The predicted octanol–water partition coefficient (Wildman–Crippen LogP) is 3.27. The number of β-amino-alcohol motifs (C(OH)–C–C–N with tert-alkyl or cyclic N) is 1. The van der Waals surface area contributed by atoms with E-state index < -0.39 is 23.9 Å². The Bertz CT molecular complexity index is 559. The lowest BCUT2D eigenvalue weighted by atomic mass is 10.0. The van der Waals surface area contributed by atoms with E-state index >= 15 is 0 Å². The van der Waals surface area contributed by atoms with E-state index in [0.29, 0.717) is 18.7 Å². The molecule has 1 aromatic rings. The highest BCUT2D eigenvalue weighted by atomic mass is 19.4. The molecule has 0 spiro atoms. The monoisotopic (exact) mass is 330 g/mol. The number of halogens is 3. The molecule has 0 saturated carbocycles. The van der Waals surface area contributed by atoms with E-state index in [1.54, 1.807) is 11.0 Å². The fourth-order valence-corrected chi connectivity index (χ4v) is 2.94. The topological polar surface area (TPSA) is 43.8 Å². The number of carbonyl (C=O) groups is 1. The van der Waals surface area contributed by atoms with Gasteiger partial charge in [0.25, 0.3) is 0 Å². The molecular formula is C16H21F3N2O2. The second kappa shape index (κ2) is 6.78. The summed E-state index contributed by atoms with van der Waals surface area (Å²) < 4.78 is 38.7. The molecule has 0 aromatic heterocycles. The van der Waals surface area contributed by atoms with Crippen molar-refractivity contribution < 1.29 is 23.1 Å². The Kier molecular flexibility index (Phi) is 5.19. The van der Waals surface area contributed by atoms with Crippen LogP contribution < -0.4 is 0 Å². The largest absolute Gasteiger partial charge is 0.416 e. The maximum absolute atomic E-state index is 12.9. The molecule has 1 N–H and O–H groups in total. The maximum Gasteiger partial charge on any atom is 0.416 e. The first-order valence-electron chi connectivity index (χ1n) is 7.68. The van der Waals surface area contributed by atoms with Crippen molar-refractivity contribution in [2.75, 3.05) is 19.6 Å². The summed E-state index contributed by atoms with van der Waals surface area (Å²) >= 11 is 0. The van der Waals surface area contributed by atoms with Gasteiger partial charge in [-0.15, -0.1) is 0 Å². The van der Waals surface area contributed by atoms with Gasteiger partial charge in [-0.1, -0.05) is 12.1 Å². The fraction of sp³-hybridized carbons (Fsp3) is 0.562. The zero-order valence-electron chi connectivity index (χ0n) is 13.2. The summed E-state index contributed by atoms with van der Waals surface area (Å²) in [5.41, 5.74) is -0.344. The van der Waals surface area contributed by atoms with Crippen molar-refractivity contribution in [3.05, 3.63) is 35.4 Å². The maximum atomic E-state index is 12.9. The van der Waals surface area contributed by atoms with Crippen LogP contribution in [0.5, 0.6) is 0 Å². The molecule has 23 heavy (non-hydrogen) atoms. The molecule has 0 bridgehead atoms. The lowest BCUT2D eigenvalue weighted by Gasteiger charge is -2.30. The number of aliphatic hydroxyl groups excluding tert-OH is 1. The van der Waals surface area contributed by atoms with E-state index in [1.165, 1.54) is 11.0 Å². The van der Waals surface area contributed by atoms with Crippen LogP contribution in [-0.4, -0.2) is 46.7 Å². The van der Waals surface area contributed by atoms with Gasteiger partial charge in [0, 0.05) is 19.6 Å². The van der Waals surface area contributed by atoms with Crippen LogP contribution >= 0.6 is 0 Å². The summed E-state index contributed by atoms with van der Waals surface area (Å²) in [6, 6.07) is 4.18. The first kappa shape index (κ1) is 17.6. The number of amides is 2. The molecule has 1 saturated heterocycles. The van der Waals surface area contributed by atoms with Gasteiger partial charge in [0.05, 0.1) is 17.7 Å². The van der Waals surface area contributed by atoms with E-state index in [4.69, 9.17) is 0 Å². The second-order valence-corrected chi connectivity index (χ2v) is 5.64. The quantitative estimate of drug-likeness (QED) is 0.924. The Hall–Kier alpha value is -1.76. The third-order valence-electron chi connectivity index (χ3n) is 4.16. The highest BCUT2D eigenvalue weighted by molar-refractivity contribution is 5.75. The third-order valence-corrected chi connectivity index (χ3v) is 4.16. The lowest BCUT2D eigenvalue weighted by molar-refractivity contribution is -0.137. The Balaban J connectivity index is 2.31. The van der Waals surface area contributed by atoms with E-state index in [2.05, 4.69) is 0 Å². The van der Waals surface area contributed by atoms with E-state index in [-0.39, 0.29) is 19.0 Å². The highest BCUT2D eigenvalue weighted by Gasteiger charge is 2.38. The number of aliphatic hydroxyl groups is 1. The molecule has 1 aromatic carbocycles. The van der Waals surface area contributed by atoms with Crippen molar-refractivity contribution in [1.29, 1.82) is 0 Å². The molecule has 7 heteroatoms. The smallest absolute Gasteiger partial charge is 0.391 e. The first-order chi connectivity index (χ1) is 10.8. The SMILES string of the molecule is CCN(CC)C(=O)N1CC(O)CC1c1cccc(C(F)(F)F)c1. The molecule has 1 fully saturated rings. The zero-order chi connectivity index (χ0) is 17.2. The summed E-state index contributed by atoms with van der Waals surface area (Å²) in [5.74, 6) is 0. The Morgan fingerprint density at radius 3 is 2.57 bits per heavy atom. The van der Waals surface area contributed by atoms with Gasteiger partial charge in [0.15, 0.2) is 0 Å². The van der Waals surface area contributed by atoms with Crippen LogP contribution in [0.2, 0.25) is 0 Å². The summed E-state index contributed by atoms with van der Waals surface area (Å²) in [7, 11) is 0. The van der Waals surface area contributed by atoms with Crippen LogP contribution in [0.3, 0.4) is 0 Å². The molecule has 1 aliphatic heterocycles. The normalized spacial score (nSPS) is 21.6. The minimum Gasteiger partial charge on any atom is -0.391 e. The van der Waals surface area contributed by atoms with Gasteiger partial charge < -0.3 is 14.9 Å². The van der Waals surface area contributed by atoms with Gasteiger partial charge in [-0.2, -0.15) is 13.2 Å². The molecule has 4 nitrogen and oxygen atoms in total. The van der Waals surface area contributed by atoms with Crippen molar-refractivity contribution in [2.24, 2.45) is 0 Å². The van der Waals surface area contributed by atoms with Crippen LogP contribution in [0.1, 0.15) is 37.4 Å². The number of rotatable bonds is 3. The molecule has 2 atom stereocenters. The predicted molar refractivity (Wildman–Crippen MR) is 79.8 cm³/mol. The average molecular weight is 330 g/mol. The second-order valence-electron chi connectivity index (χ2n) is 5.64. The van der Waals surface area contributed by atoms with Crippen LogP contribution in [0.25, 0.3) is 0 Å². The van der Waals surface area contributed by atoms with E-state index in [9.17, 15) is 23.1 Å². The summed E-state index contributed by atoms with van der Waals surface area (Å²) in [6.07, 6.45) is -4.91. The molecule has 2 rings (SSSR count). The van der Waals surface area contributed by atoms with Gasteiger partial charge in [-0.25, -0.2) is 4.79 Å². The van der Waals surface area contributed by atoms with Crippen molar-refractivity contribution in [3.8, 4) is 0 Å². The molecule has 2 amide bonds. The van der Waals surface area contributed by atoms with Gasteiger partial charge in [0.2, 0.25) is 0 Å². The number of alkyl halides is 3. The minimum atomic E-state index is -4.43. The number of benzene rings is 1. The van der Waals surface area contributed by atoms with Crippen molar-refractivity contribution in [1.82, 2.24) is 9.80 Å². The van der Waals surface area contributed by atoms with Gasteiger partial charge in [0.1, 0.15) is 0 Å². The zero-order valence-corrected chi connectivity index (χ0v) is 13.2. The van der Waals surface area contributed by atoms with Crippen molar-refractivity contribution in [2.45, 2.75) is 38.6 Å². The van der Waals surface area contributed by atoms with Gasteiger partial charge >= 0.3 is 12.2 Å². The van der Waals surface area contributed by atoms with E-state index in [0.717, 1.165) is 12.1 Å². The molecular weight excluding hydrogens is 309 g/mol. The number of urea groups is 1. The van der Waals surface area contributed by atoms with E-state index in [1.807, 2.05) is 13.8 Å². The third kappa shape index (κ3) is 3.77. The van der Waals surface area contributed by atoms with Crippen LogP contribution in [0, 0.1) is 0 Å². The van der Waals surface area contributed by atoms with Crippen LogP contribution in [0.4, 0.5) is 18.0 Å².